The molecule has 0 bridgehead atoms. The Morgan fingerprint density at radius 2 is 1.09 bits per heavy atom. The van der Waals surface area contributed by atoms with Crippen molar-refractivity contribution in [3.63, 3.8) is 0 Å². The summed E-state index contributed by atoms with van der Waals surface area (Å²) in [4.78, 5) is 0.262. The topological polar surface area (TPSA) is 120 Å². The SMILES string of the molecule is O=S(=O)(NCC1CCCO1)c1ccc(Oc2ccc(S(=O)(=O)NCC3CCCO3)cc2)cc1. The van der Waals surface area contributed by atoms with Gasteiger partial charge in [0.25, 0.3) is 0 Å². The average Bonchev–Trinajstić information content (AvgIpc) is 3.52. The van der Waals surface area contributed by atoms with Gasteiger partial charge in [0.2, 0.25) is 20.0 Å². The lowest BCUT2D eigenvalue weighted by molar-refractivity contribution is 0.114. The van der Waals surface area contributed by atoms with Gasteiger partial charge in [-0.15, -0.1) is 0 Å². The van der Waals surface area contributed by atoms with Crippen molar-refractivity contribution in [2.24, 2.45) is 0 Å². The molecule has 0 saturated carbocycles. The van der Waals surface area contributed by atoms with Crippen molar-refractivity contribution in [1.29, 1.82) is 0 Å². The number of hydrogen-bond acceptors (Lipinski definition) is 7. The Morgan fingerprint density at radius 1 is 0.697 bits per heavy atom. The van der Waals surface area contributed by atoms with E-state index in [1.54, 1.807) is 24.3 Å². The predicted octanol–water partition coefficient (Wildman–Crippen LogP) is 2.39. The monoisotopic (exact) mass is 496 g/mol. The summed E-state index contributed by atoms with van der Waals surface area (Å²) in [6.45, 7) is 1.82. The molecule has 2 aliphatic rings. The zero-order chi connectivity index (χ0) is 23.3. The molecule has 0 amide bonds. The first kappa shape index (κ1) is 24.1. The molecule has 0 aromatic heterocycles. The van der Waals surface area contributed by atoms with Crippen molar-refractivity contribution in [1.82, 2.24) is 9.44 Å². The van der Waals surface area contributed by atoms with Gasteiger partial charge in [-0.1, -0.05) is 0 Å². The standard InChI is InChI=1S/C22H28N2O7S2/c25-32(26,23-15-19-3-1-13-29-19)21-9-5-17(6-10-21)31-18-7-11-22(12-8-18)33(27,28)24-16-20-4-2-14-30-20/h5-12,19-20,23-24H,1-4,13-16H2. The van der Waals surface area contributed by atoms with Gasteiger partial charge in [-0.05, 0) is 74.2 Å². The van der Waals surface area contributed by atoms with E-state index in [9.17, 15) is 16.8 Å². The summed E-state index contributed by atoms with van der Waals surface area (Å²) < 4.78 is 71.5. The van der Waals surface area contributed by atoms with Gasteiger partial charge in [0.05, 0.1) is 22.0 Å². The third-order valence-electron chi connectivity index (χ3n) is 5.55. The van der Waals surface area contributed by atoms with E-state index in [1.165, 1.54) is 24.3 Å². The van der Waals surface area contributed by atoms with Crippen LogP contribution in [0.4, 0.5) is 0 Å². The Morgan fingerprint density at radius 3 is 1.42 bits per heavy atom. The summed E-state index contributed by atoms with van der Waals surface area (Å²) >= 11 is 0. The maximum Gasteiger partial charge on any atom is 0.240 e. The number of ether oxygens (including phenoxy) is 3. The Kier molecular flexibility index (Phi) is 7.67. The second-order valence-electron chi connectivity index (χ2n) is 8.02. The molecule has 2 aromatic rings. The third-order valence-corrected chi connectivity index (χ3v) is 8.43. The predicted molar refractivity (Wildman–Crippen MR) is 121 cm³/mol. The molecule has 9 nitrogen and oxygen atoms in total. The van der Waals surface area contributed by atoms with E-state index in [0.717, 1.165) is 25.7 Å². The van der Waals surface area contributed by atoms with Gasteiger partial charge in [-0.25, -0.2) is 26.3 Å². The normalized spacial score (nSPS) is 21.3. The number of sulfonamides is 2. The van der Waals surface area contributed by atoms with Crippen LogP contribution in [0, 0.1) is 0 Å². The second-order valence-corrected chi connectivity index (χ2v) is 11.6. The molecule has 33 heavy (non-hydrogen) atoms. The van der Waals surface area contributed by atoms with E-state index in [-0.39, 0.29) is 35.1 Å². The fourth-order valence-electron chi connectivity index (χ4n) is 3.69. The molecule has 2 saturated heterocycles. The zero-order valence-corrected chi connectivity index (χ0v) is 19.7. The third kappa shape index (κ3) is 6.52. The minimum atomic E-state index is -3.64. The summed E-state index contributed by atoms with van der Waals surface area (Å²) in [5.41, 5.74) is 0. The first-order valence-electron chi connectivity index (χ1n) is 10.9. The van der Waals surface area contributed by atoms with Crippen molar-refractivity contribution in [3.8, 4) is 11.5 Å². The van der Waals surface area contributed by atoms with Crippen LogP contribution < -0.4 is 14.2 Å². The van der Waals surface area contributed by atoms with E-state index >= 15 is 0 Å². The summed E-state index contributed by atoms with van der Waals surface area (Å²) in [6.07, 6.45) is 3.41. The molecule has 2 atom stereocenters. The number of benzene rings is 2. The highest BCUT2D eigenvalue weighted by Gasteiger charge is 2.21. The maximum absolute atomic E-state index is 12.4. The average molecular weight is 497 g/mol. The van der Waals surface area contributed by atoms with Crippen molar-refractivity contribution >= 4 is 20.0 Å². The van der Waals surface area contributed by atoms with E-state index < -0.39 is 20.0 Å². The molecular weight excluding hydrogens is 468 g/mol. The maximum atomic E-state index is 12.4. The van der Waals surface area contributed by atoms with Gasteiger partial charge in [0, 0.05) is 26.3 Å². The number of rotatable bonds is 10. The van der Waals surface area contributed by atoms with Gasteiger partial charge in [0.1, 0.15) is 11.5 Å². The molecular formula is C22H28N2O7S2. The lowest BCUT2D eigenvalue weighted by Crippen LogP contribution is -2.31. The van der Waals surface area contributed by atoms with E-state index in [0.29, 0.717) is 24.7 Å². The van der Waals surface area contributed by atoms with Crippen LogP contribution in [0.1, 0.15) is 25.7 Å². The van der Waals surface area contributed by atoms with Crippen molar-refractivity contribution < 1.29 is 31.0 Å². The van der Waals surface area contributed by atoms with Crippen LogP contribution in [0.3, 0.4) is 0 Å². The zero-order valence-electron chi connectivity index (χ0n) is 18.1. The second kappa shape index (κ2) is 10.5. The van der Waals surface area contributed by atoms with Gasteiger partial charge < -0.3 is 14.2 Å². The van der Waals surface area contributed by atoms with Crippen molar-refractivity contribution in [3.05, 3.63) is 48.5 Å². The highest BCUT2D eigenvalue weighted by Crippen LogP contribution is 2.24. The fourth-order valence-corrected chi connectivity index (χ4v) is 5.83. The summed E-state index contributed by atoms with van der Waals surface area (Å²) in [7, 11) is -7.28. The first-order chi connectivity index (χ1) is 15.8. The molecule has 11 heteroatoms. The molecule has 2 aliphatic heterocycles. The lowest BCUT2D eigenvalue weighted by Gasteiger charge is -2.12. The Labute approximate surface area is 194 Å². The Hall–Kier alpha value is -2.02. The van der Waals surface area contributed by atoms with E-state index in [4.69, 9.17) is 14.2 Å². The van der Waals surface area contributed by atoms with Crippen LogP contribution in [0.5, 0.6) is 11.5 Å². The van der Waals surface area contributed by atoms with Crippen molar-refractivity contribution in [2.45, 2.75) is 47.7 Å². The molecule has 0 radical (unpaired) electrons. The molecule has 4 rings (SSSR count). The van der Waals surface area contributed by atoms with Crippen LogP contribution in [-0.2, 0) is 29.5 Å². The van der Waals surface area contributed by atoms with Gasteiger partial charge in [0.15, 0.2) is 0 Å². The first-order valence-corrected chi connectivity index (χ1v) is 13.9. The Bertz CT molecular complexity index is 1030. The molecule has 2 unspecified atom stereocenters. The molecule has 180 valence electrons. The minimum Gasteiger partial charge on any atom is -0.457 e. The molecule has 2 aromatic carbocycles. The lowest BCUT2D eigenvalue weighted by atomic mass is 10.2. The van der Waals surface area contributed by atoms with Gasteiger partial charge in [-0.3, -0.25) is 0 Å². The molecule has 2 N–H and O–H groups in total. The highest BCUT2D eigenvalue weighted by molar-refractivity contribution is 7.89. The molecule has 0 aliphatic carbocycles. The largest absolute Gasteiger partial charge is 0.457 e. The number of nitrogens with one attached hydrogen (secondary N) is 2. The smallest absolute Gasteiger partial charge is 0.240 e. The number of hydrogen-bond donors (Lipinski definition) is 2. The summed E-state index contributed by atoms with van der Waals surface area (Å²) in [5, 5.41) is 0. The van der Waals surface area contributed by atoms with E-state index in [1.807, 2.05) is 0 Å². The quantitative estimate of drug-likeness (QED) is 0.518. The summed E-state index contributed by atoms with van der Waals surface area (Å²) in [6, 6.07) is 12.0. The van der Waals surface area contributed by atoms with Crippen LogP contribution in [0.2, 0.25) is 0 Å². The molecule has 2 fully saturated rings. The fraction of sp³-hybridized carbons (Fsp3) is 0.455. The van der Waals surface area contributed by atoms with Gasteiger partial charge in [-0.2, -0.15) is 0 Å². The highest BCUT2D eigenvalue weighted by atomic mass is 32.2. The minimum absolute atomic E-state index is 0.0830. The van der Waals surface area contributed by atoms with E-state index in [2.05, 4.69) is 9.44 Å². The molecule has 2 heterocycles. The van der Waals surface area contributed by atoms with Gasteiger partial charge >= 0.3 is 0 Å². The molecule has 0 spiro atoms. The Balaban J connectivity index is 1.33. The van der Waals surface area contributed by atoms with Crippen molar-refractivity contribution in [2.75, 3.05) is 26.3 Å². The van der Waals surface area contributed by atoms with Crippen LogP contribution in [0.15, 0.2) is 58.3 Å². The summed E-state index contributed by atoms with van der Waals surface area (Å²) in [5.74, 6) is 0.861. The van der Waals surface area contributed by atoms with Crippen LogP contribution in [-0.4, -0.2) is 55.3 Å². The van der Waals surface area contributed by atoms with Crippen LogP contribution >= 0.6 is 0 Å². The van der Waals surface area contributed by atoms with Crippen LogP contribution in [0.25, 0.3) is 0 Å².